The first kappa shape index (κ1) is 22.9. The maximum Gasteiger partial charge on any atom is 0.326 e. The van der Waals surface area contributed by atoms with E-state index in [2.05, 4.69) is 29.5 Å². The fourth-order valence-electron chi connectivity index (χ4n) is 4.28. The molecular weight excluding hydrogens is 456 g/mol. The average Bonchev–Trinajstić information content (AvgIpc) is 3.36. The highest BCUT2D eigenvalue weighted by molar-refractivity contribution is 7.98. The molecule has 0 bridgehead atoms. The van der Waals surface area contributed by atoms with Crippen molar-refractivity contribution in [1.29, 1.82) is 0 Å². The monoisotopic (exact) mass is 482 g/mol. The first-order chi connectivity index (χ1) is 17.0. The minimum Gasteiger partial charge on any atom is -0.334 e. The van der Waals surface area contributed by atoms with Crippen molar-refractivity contribution in [1.82, 2.24) is 15.5 Å². The number of thioether (sulfide) groups is 1. The number of aryl methyl sites for hydroxylation is 2. The van der Waals surface area contributed by atoms with Crippen molar-refractivity contribution in [3.05, 3.63) is 101 Å². The van der Waals surface area contributed by atoms with Crippen molar-refractivity contribution < 1.29 is 9.32 Å². The number of carbonyl (C=O) groups excluding carboxylic acids is 1. The number of carbonyl (C=O) groups is 1. The number of aromatic nitrogens is 2. The largest absolute Gasteiger partial charge is 0.334 e. The van der Waals surface area contributed by atoms with Gasteiger partial charge < -0.3 is 9.84 Å². The van der Waals surface area contributed by atoms with Gasteiger partial charge in [0.25, 0.3) is 5.89 Å². The lowest BCUT2D eigenvalue weighted by molar-refractivity contribution is 0.244. The molecule has 0 radical (unpaired) electrons. The molecule has 5 rings (SSSR count). The third-order valence-electron chi connectivity index (χ3n) is 6.37. The quantitative estimate of drug-likeness (QED) is 0.318. The van der Waals surface area contributed by atoms with Crippen LogP contribution < -0.4 is 10.2 Å². The van der Waals surface area contributed by atoms with E-state index >= 15 is 0 Å². The van der Waals surface area contributed by atoms with Gasteiger partial charge in [-0.25, -0.2) is 4.79 Å². The van der Waals surface area contributed by atoms with Crippen molar-refractivity contribution >= 4 is 29.1 Å². The topological polar surface area (TPSA) is 71.3 Å². The van der Waals surface area contributed by atoms with Crippen LogP contribution in [0.25, 0.3) is 17.0 Å². The van der Waals surface area contributed by atoms with Gasteiger partial charge in [-0.3, -0.25) is 4.90 Å². The number of amides is 2. The molecule has 0 spiro atoms. The Balaban J connectivity index is 1.65. The summed E-state index contributed by atoms with van der Waals surface area (Å²) in [4.78, 5) is 21.0. The SMILES string of the molecule is CSc1ccc(C2NC(=O)N(c3ccc(C)c(C)c3)C(C)=C2c2nc(-c3ccccc3)no2)cc1. The second-order valence-corrected chi connectivity index (χ2v) is 9.43. The lowest BCUT2D eigenvalue weighted by Crippen LogP contribution is -2.46. The molecule has 7 heteroatoms. The van der Waals surface area contributed by atoms with Gasteiger partial charge in [0, 0.05) is 16.2 Å². The minimum absolute atomic E-state index is 0.198. The Morgan fingerprint density at radius 3 is 2.37 bits per heavy atom. The van der Waals surface area contributed by atoms with E-state index in [0.717, 1.165) is 38.5 Å². The van der Waals surface area contributed by atoms with Crippen molar-refractivity contribution in [2.45, 2.75) is 31.7 Å². The number of urea groups is 1. The van der Waals surface area contributed by atoms with Crippen LogP contribution in [0.1, 0.15) is 35.5 Å². The number of nitrogens with one attached hydrogen (secondary N) is 1. The predicted molar refractivity (Wildman–Crippen MR) is 140 cm³/mol. The number of allylic oxidation sites excluding steroid dienone is 1. The second-order valence-electron chi connectivity index (χ2n) is 8.55. The van der Waals surface area contributed by atoms with E-state index < -0.39 is 6.04 Å². The van der Waals surface area contributed by atoms with Crippen molar-refractivity contribution in [3.8, 4) is 11.4 Å². The van der Waals surface area contributed by atoms with Crippen LogP contribution in [0.15, 0.2) is 87.9 Å². The third kappa shape index (κ3) is 4.35. The molecule has 2 amide bonds. The van der Waals surface area contributed by atoms with E-state index in [9.17, 15) is 4.79 Å². The number of rotatable bonds is 5. The Morgan fingerprint density at radius 2 is 1.69 bits per heavy atom. The molecule has 0 aliphatic carbocycles. The molecule has 2 heterocycles. The Kier molecular flexibility index (Phi) is 6.17. The van der Waals surface area contributed by atoms with Gasteiger partial charge in [-0.15, -0.1) is 11.8 Å². The second kappa shape index (κ2) is 9.43. The fraction of sp³-hybridized carbons (Fsp3) is 0.179. The summed E-state index contributed by atoms with van der Waals surface area (Å²) in [6.45, 7) is 6.03. The molecule has 1 aromatic heterocycles. The predicted octanol–water partition coefficient (Wildman–Crippen LogP) is 6.78. The first-order valence-corrected chi connectivity index (χ1v) is 12.6. The fourth-order valence-corrected chi connectivity index (χ4v) is 4.69. The summed E-state index contributed by atoms with van der Waals surface area (Å²) in [5, 5.41) is 7.41. The molecule has 1 N–H and O–H groups in total. The number of hydrogen-bond donors (Lipinski definition) is 1. The molecule has 176 valence electrons. The maximum atomic E-state index is 13.4. The van der Waals surface area contributed by atoms with E-state index in [1.54, 1.807) is 16.7 Å². The molecule has 3 aromatic carbocycles. The normalized spacial score (nSPS) is 15.9. The van der Waals surface area contributed by atoms with Crippen molar-refractivity contribution in [3.63, 3.8) is 0 Å². The zero-order chi connectivity index (χ0) is 24.5. The molecule has 0 saturated heterocycles. The van der Waals surface area contributed by atoms with Gasteiger partial charge in [-0.05, 0) is 68.0 Å². The molecule has 4 aromatic rings. The van der Waals surface area contributed by atoms with Crippen LogP contribution in [0.5, 0.6) is 0 Å². The van der Waals surface area contributed by atoms with E-state index in [4.69, 9.17) is 9.51 Å². The number of benzene rings is 3. The highest BCUT2D eigenvalue weighted by Gasteiger charge is 2.36. The van der Waals surface area contributed by atoms with E-state index in [-0.39, 0.29) is 6.03 Å². The average molecular weight is 483 g/mol. The van der Waals surface area contributed by atoms with Gasteiger partial charge in [0.05, 0.1) is 17.3 Å². The Morgan fingerprint density at radius 1 is 0.943 bits per heavy atom. The summed E-state index contributed by atoms with van der Waals surface area (Å²) in [6.07, 6.45) is 2.04. The molecule has 1 aliphatic heterocycles. The van der Waals surface area contributed by atoms with Crippen LogP contribution >= 0.6 is 11.8 Å². The zero-order valence-corrected chi connectivity index (χ0v) is 20.9. The minimum atomic E-state index is -0.426. The first-order valence-electron chi connectivity index (χ1n) is 11.4. The summed E-state index contributed by atoms with van der Waals surface area (Å²) in [7, 11) is 0. The molecular formula is C28H26N4O2S. The Labute approximate surface area is 209 Å². The van der Waals surface area contributed by atoms with Crippen molar-refractivity contribution in [2.24, 2.45) is 0 Å². The molecule has 1 aliphatic rings. The van der Waals surface area contributed by atoms with E-state index in [1.165, 1.54) is 5.56 Å². The van der Waals surface area contributed by atoms with E-state index in [1.807, 2.05) is 80.8 Å². The van der Waals surface area contributed by atoms with Gasteiger partial charge in [-0.1, -0.05) is 53.7 Å². The van der Waals surface area contributed by atoms with Gasteiger partial charge >= 0.3 is 6.03 Å². The van der Waals surface area contributed by atoms with Gasteiger partial charge in [0.2, 0.25) is 5.82 Å². The van der Waals surface area contributed by atoms with Gasteiger partial charge in [0.15, 0.2) is 0 Å². The van der Waals surface area contributed by atoms with Crippen LogP contribution in [-0.4, -0.2) is 22.4 Å². The summed E-state index contributed by atoms with van der Waals surface area (Å²) in [6, 6.07) is 23.3. The molecule has 0 fully saturated rings. The lowest BCUT2D eigenvalue weighted by atomic mass is 9.94. The smallest absolute Gasteiger partial charge is 0.326 e. The summed E-state index contributed by atoms with van der Waals surface area (Å²) in [5.41, 5.74) is 6.41. The van der Waals surface area contributed by atoms with Crippen LogP contribution in [0.3, 0.4) is 0 Å². The number of anilines is 1. The zero-order valence-electron chi connectivity index (χ0n) is 20.1. The highest BCUT2D eigenvalue weighted by atomic mass is 32.2. The highest BCUT2D eigenvalue weighted by Crippen LogP contribution is 2.39. The Hall–Kier alpha value is -3.84. The van der Waals surface area contributed by atoms with Gasteiger partial charge in [0.1, 0.15) is 0 Å². The summed E-state index contributed by atoms with van der Waals surface area (Å²) < 4.78 is 5.79. The number of hydrogen-bond acceptors (Lipinski definition) is 5. The standard InChI is InChI=1S/C28H26N4O2S/c1-17-10-13-22(16-18(17)2)32-19(3)24(27-30-26(31-34-27)21-8-6-5-7-9-21)25(29-28(32)33)20-11-14-23(35-4)15-12-20/h5-16,25H,1-4H3,(H,29,33). The van der Waals surface area contributed by atoms with Crippen LogP contribution in [0, 0.1) is 13.8 Å². The molecule has 1 atom stereocenters. The van der Waals surface area contributed by atoms with Crippen LogP contribution in [0.4, 0.5) is 10.5 Å². The summed E-state index contributed by atoms with van der Waals surface area (Å²) >= 11 is 1.68. The molecule has 0 saturated carbocycles. The molecule has 1 unspecified atom stereocenters. The molecule has 6 nitrogen and oxygen atoms in total. The van der Waals surface area contributed by atoms with Gasteiger partial charge in [-0.2, -0.15) is 4.98 Å². The number of nitrogens with zero attached hydrogens (tertiary/aromatic N) is 3. The van der Waals surface area contributed by atoms with Crippen LogP contribution in [0.2, 0.25) is 0 Å². The Bertz CT molecular complexity index is 1410. The van der Waals surface area contributed by atoms with E-state index in [0.29, 0.717) is 11.7 Å². The summed E-state index contributed by atoms with van der Waals surface area (Å²) in [5.74, 6) is 0.890. The van der Waals surface area contributed by atoms with Crippen molar-refractivity contribution in [2.75, 3.05) is 11.2 Å². The lowest BCUT2D eigenvalue weighted by Gasteiger charge is -2.35. The maximum absolute atomic E-state index is 13.4. The third-order valence-corrected chi connectivity index (χ3v) is 7.11. The molecule has 35 heavy (non-hydrogen) atoms. The van der Waals surface area contributed by atoms with Crippen LogP contribution in [-0.2, 0) is 0 Å².